The normalized spacial score (nSPS) is 14.8. The van der Waals surface area contributed by atoms with Crippen LogP contribution >= 0.6 is 0 Å². The maximum atomic E-state index is 12.8. The number of amides is 1. The molecule has 0 bridgehead atoms. The molecule has 0 saturated carbocycles. The first-order chi connectivity index (χ1) is 13.8. The number of aromatic hydroxyl groups is 1. The van der Waals surface area contributed by atoms with Gasteiger partial charge in [0.15, 0.2) is 0 Å². The zero-order chi connectivity index (χ0) is 21.0. The van der Waals surface area contributed by atoms with Crippen molar-refractivity contribution in [2.45, 2.75) is 30.6 Å². The fourth-order valence-corrected chi connectivity index (χ4v) is 4.28. The first kappa shape index (κ1) is 20.6. The zero-order valence-electron chi connectivity index (χ0n) is 15.6. The maximum absolute atomic E-state index is 12.8. The molecule has 1 saturated heterocycles. The van der Waals surface area contributed by atoms with Crippen LogP contribution in [0.4, 0.5) is 11.4 Å². The van der Waals surface area contributed by atoms with Crippen molar-refractivity contribution in [2.75, 3.05) is 17.8 Å². The lowest BCUT2D eigenvalue weighted by Crippen LogP contribution is -2.32. The second kappa shape index (κ2) is 8.48. The molecule has 1 aliphatic heterocycles. The van der Waals surface area contributed by atoms with Crippen LogP contribution in [0.15, 0.2) is 47.4 Å². The molecule has 1 aliphatic rings. The summed E-state index contributed by atoms with van der Waals surface area (Å²) in [5, 5.41) is 21.0. The third-order valence-corrected chi connectivity index (χ3v) is 6.09. The molecular weight excluding hydrogens is 398 g/mol. The van der Waals surface area contributed by atoms with Crippen LogP contribution in [-0.4, -0.2) is 42.3 Å². The predicted molar refractivity (Wildman–Crippen MR) is 106 cm³/mol. The van der Waals surface area contributed by atoms with Crippen LogP contribution < -0.4 is 4.72 Å². The van der Waals surface area contributed by atoms with Crippen molar-refractivity contribution < 1.29 is 23.2 Å². The fraction of sp³-hybridized carbons (Fsp3) is 0.316. The molecule has 154 valence electrons. The molecule has 2 aromatic rings. The molecule has 9 nitrogen and oxygen atoms in total. The zero-order valence-corrected chi connectivity index (χ0v) is 16.4. The molecule has 0 aliphatic carbocycles. The minimum atomic E-state index is -4.12. The SMILES string of the molecule is O=C(c1cc(NS(=O)(=O)c2cccc([N+](=O)[O-])c2)ccc1O)N1CCCCCC1. The summed E-state index contributed by atoms with van der Waals surface area (Å²) in [5.74, 6) is -0.599. The molecule has 1 heterocycles. The summed E-state index contributed by atoms with van der Waals surface area (Å²) >= 11 is 0. The van der Waals surface area contributed by atoms with Gasteiger partial charge in [-0.05, 0) is 37.1 Å². The van der Waals surface area contributed by atoms with Crippen LogP contribution in [0.25, 0.3) is 0 Å². The summed E-state index contributed by atoms with van der Waals surface area (Å²) in [4.78, 5) is 24.4. The number of non-ortho nitro benzene ring substituents is 1. The van der Waals surface area contributed by atoms with Gasteiger partial charge in [0.05, 0.1) is 15.4 Å². The van der Waals surface area contributed by atoms with E-state index in [2.05, 4.69) is 4.72 Å². The molecule has 0 radical (unpaired) electrons. The number of nitrogens with zero attached hydrogens (tertiary/aromatic N) is 2. The van der Waals surface area contributed by atoms with Crippen molar-refractivity contribution in [3.63, 3.8) is 0 Å². The van der Waals surface area contributed by atoms with E-state index in [0.717, 1.165) is 31.7 Å². The van der Waals surface area contributed by atoms with Crippen molar-refractivity contribution in [2.24, 2.45) is 0 Å². The highest BCUT2D eigenvalue weighted by Crippen LogP contribution is 2.26. The van der Waals surface area contributed by atoms with Crippen molar-refractivity contribution >= 4 is 27.3 Å². The molecule has 1 fully saturated rings. The number of phenolic OH excluding ortho intramolecular Hbond substituents is 1. The minimum absolute atomic E-state index is 0.00569. The molecule has 0 unspecified atom stereocenters. The average molecular weight is 419 g/mol. The summed E-state index contributed by atoms with van der Waals surface area (Å²) in [6.45, 7) is 1.17. The highest BCUT2D eigenvalue weighted by Gasteiger charge is 2.22. The number of carbonyl (C=O) groups is 1. The van der Waals surface area contributed by atoms with Gasteiger partial charge in [-0.1, -0.05) is 18.9 Å². The summed E-state index contributed by atoms with van der Waals surface area (Å²) in [5.41, 5.74) is -0.269. The van der Waals surface area contributed by atoms with E-state index in [9.17, 15) is 28.4 Å². The number of rotatable bonds is 5. The number of anilines is 1. The van der Waals surface area contributed by atoms with Crippen molar-refractivity contribution in [3.05, 3.63) is 58.1 Å². The van der Waals surface area contributed by atoms with Gasteiger partial charge in [0, 0.05) is 30.9 Å². The number of benzene rings is 2. The van der Waals surface area contributed by atoms with Gasteiger partial charge in [-0.25, -0.2) is 8.42 Å². The monoisotopic (exact) mass is 419 g/mol. The highest BCUT2D eigenvalue weighted by molar-refractivity contribution is 7.92. The Hall–Kier alpha value is -3.14. The van der Waals surface area contributed by atoms with E-state index in [1.807, 2.05) is 0 Å². The van der Waals surface area contributed by atoms with Crippen LogP contribution in [0.2, 0.25) is 0 Å². The molecule has 2 N–H and O–H groups in total. The smallest absolute Gasteiger partial charge is 0.270 e. The van der Waals surface area contributed by atoms with Crippen LogP contribution in [0.3, 0.4) is 0 Å². The van der Waals surface area contributed by atoms with E-state index < -0.39 is 14.9 Å². The Morgan fingerprint density at radius 2 is 1.76 bits per heavy atom. The largest absolute Gasteiger partial charge is 0.507 e. The van der Waals surface area contributed by atoms with Crippen molar-refractivity contribution in [1.29, 1.82) is 0 Å². The highest BCUT2D eigenvalue weighted by atomic mass is 32.2. The molecule has 0 spiro atoms. The lowest BCUT2D eigenvalue weighted by Gasteiger charge is -2.21. The van der Waals surface area contributed by atoms with Gasteiger partial charge >= 0.3 is 0 Å². The van der Waals surface area contributed by atoms with Crippen molar-refractivity contribution in [3.8, 4) is 5.75 Å². The van der Waals surface area contributed by atoms with E-state index >= 15 is 0 Å². The fourth-order valence-electron chi connectivity index (χ4n) is 3.19. The third-order valence-electron chi connectivity index (χ3n) is 4.71. The van der Waals surface area contributed by atoms with Gasteiger partial charge in [0.1, 0.15) is 5.75 Å². The van der Waals surface area contributed by atoms with E-state index in [4.69, 9.17) is 0 Å². The lowest BCUT2D eigenvalue weighted by molar-refractivity contribution is -0.385. The third kappa shape index (κ3) is 4.83. The van der Waals surface area contributed by atoms with Gasteiger partial charge < -0.3 is 10.0 Å². The van der Waals surface area contributed by atoms with Crippen LogP contribution in [0.5, 0.6) is 5.75 Å². The van der Waals surface area contributed by atoms with Gasteiger partial charge in [0.25, 0.3) is 21.6 Å². The second-order valence-corrected chi connectivity index (χ2v) is 8.48. The Morgan fingerprint density at radius 3 is 2.41 bits per heavy atom. The Kier molecular flexibility index (Phi) is 6.02. The first-order valence-corrected chi connectivity index (χ1v) is 10.7. The molecular formula is C19H21N3O6S. The molecule has 0 aromatic heterocycles. The first-order valence-electron chi connectivity index (χ1n) is 9.17. The Balaban J connectivity index is 1.86. The number of nitro groups is 1. The van der Waals surface area contributed by atoms with E-state index in [-0.39, 0.29) is 33.5 Å². The molecule has 1 amide bonds. The average Bonchev–Trinajstić information content (AvgIpc) is 2.98. The molecule has 3 rings (SSSR count). The Morgan fingerprint density at radius 1 is 1.07 bits per heavy atom. The minimum Gasteiger partial charge on any atom is -0.507 e. The number of carbonyl (C=O) groups excluding carboxylic acids is 1. The van der Waals surface area contributed by atoms with Crippen LogP contribution in [0.1, 0.15) is 36.0 Å². The second-order valence-electron chi connectivity index (χ2n) is 6.80. The lowest BCUT2D eigenvalue weighted by atomic mass is 10.1. The number of nitrogens with one attached hydrogen (secondary N) is 1. The molecule has 10 heteroatoms. The van der Waals surface area contributed by atoms with Gasteiger partial charge in [-0.3, -0.25) is 19.6 Å². The topological polar surface area (TPSA) is 130 Å². The van der Waals surface area contributed by atoms with Crippen LogP contribution in [0, 0.1) is 10.1 Å². The Bertz CT molecular complexity index is 1030. The van der Waals surface area contributed by atoms with E-state index in [1.165, 1.54) is 36.4 Å². The number of nitro benzene ring substituents is 1. The van der Waals surface area contributed by atoms with E-state index in [1.54, 1.807) is 4.90 Å². The standard InChI is InChI=1S/C19H21N3O6S/c23-18-9-8-14(12-17(18)19(24)21-10-3-1-2-4-11-21)20-29(27,28)16-7-5-6-15(13-16)22(25)26/h5-9,12-13,20,23H,1-4,10-11H2. The quantitative estimate of drug-likeness (QED) is 0.435. The van der Waals surface area contributed by atoms with Gasteiger partial charge in [0.2, 0.25) is 0 Å². The number of hydrogen-bond acceptors (Lipinski definition) is 6. The number of hydrogen-bond donors (Lipinski definition) is 2. The molecule has 29 heavy (non-hydrogen) atoms. The molecule has 0 atom stereocenters. The van der Waals surface area contributed by atoms with Gasteiger partial charge in [-0.15, -0.1) is 0 Å². The van der Waals surface area contributed by atoms with Crippen molar-refractivity contribution in [1.82, 2.24) is 4.90 Å². The van der Waals surface area contributed by atoms with Crippen LogP contribution in [-0.2, 0) is 10.0 Å². The number of phenols is 1. The Labute approximate surface area is 168 Å². The number of sulfonamides is 1. The van der Waals surface area contributed by atoms with E-state index in [0.29, 0.717) is 13.1 Å². The summed E-state index contributed by atoms with van der Waals surface area (Å²) in [6.07, 6.45) is 3.84. The molecule has 2 aromatic carbocycles. The predicted octanol–water partition coefficient (Wildman–Crippen LogP) is 3.12. The maximum Gasteiger partial charge on any atom is 0.270 e. The number of likely N-dealkylation sites (tertiary alicyclic amines) is 1. The summed E-state index contributed by atoms with van der Waals surface area (Å²) in [6, 6.07) is 8.50. The summed E-state index contributed by atoms with van der Waals surface area (Å²) < 4.78 is 27.5. The van der Waals surface area contributed by atoms with Gasteiger partial charge in [-0.2, -0.15) is 0 Å². The summed E-state index contributed by atoms with van der Waals surface area (Å²) in [7, 11) is -4.12.